The first-order valence-electron chi connectivity index (χ1n) is 7.78. The van der Waals surface area contributed by atoms with E-state index < -0.39 is 9.84 Å². The number of hydrogen-bond acceptors (Lipinski definition) is 6. The highest BCUT2D eigenvalue weighted by molar-refractivity contribution is 7.91. The van der Waals surface area contributed by atoms with Crippen molar-refractivity contribution in [2.45, 2.75) is 19.4 Å². The number of sulfone groups is 1. The van der Waals surface area contributed by atoms with E-state index >= 15 is 0 Å². The number of rotatable bonds is 5. The number of hydrogen-bond donors (Lipinski definition) is 1. The van der Waals surface area contributed by atoms with Crippen molar-refractivity contribution in [3.63, 3.8) is 0 Å². The first kappa shape index (κ1) is 17.0. The molecule has 0 saturated carbocycles. The molecule has 1 aliphatic rings. The molecule has 2 aromatic rings. The topological polar surface area (TPSA) is 75.2 Å². The molecule has 0 radical (unpaired) electrons. The summed E-state index contributed by atoms with van der Waals surface area (Å²) in [6.45, 7) is 2.69. The molecule has 1 saturated heterocycles. The van der Waals surface area contributed by atoms with Gasteiger partial charge in [-0.15, -0.1) is 0 Å². The van der Waals surface area contributed by atoms with E-state index in [2.05, 4.69) is 15.3 Å². The lowest BCUT2D eigenvalue weighted by Gasteiger charge is -2.28. The lowest BCUT2D eigenvalue weighted by molar-refractivity contribution is 0.599. The second-order valence-corrected chi connectivity index (χ2v) is 8.40. The van der Waals surface area contributed by atoms with E-state index in [9.17, 15) is 8.42 Å². The maximum absolute atomic E-state index is 11.7. The zero-order valence-electron chi connectivity index (χ0n) is 13.3. The van der Waals surface area contributed by atoms with Gasteiger partial charge in [0.1, 0.15) is 18.0 Å². The molecule has 1 aromatic heterocycles. The van der Waals surface area contributed by atoms with Gasteiger partial charge in [-0.25, -0.2) is 18.4 Å². The second kappa shape index (κ2) is 6.94. The highest BCUT2D eigenvalue weighted by Gasteiger charge is 2.32. The van der Waals surface area contributed by atoms with Crippen LogP contribution >= 0.6 is 11.6 Å². The fourth-order valence-electron chi connectivity index (χ4n) is 2.88. The molecule has 2 heterocycles. The van der Waals surface area contributed by atoms with Gasteiger partial charge in [0.05, 0.1) is 11.5 Å². The Balaban J connectivity index is 1.79. The normalized spacial score (nSPS) is 19.2. The second-order valence-electron chi connectivity index (χ2n) is 5.74. The highest BCUT2D eigenvalue weighted by Crippen LogP contribution is 2.25. The van der Waals surface area contributed by atoms with Gasteiger partial charge in [-0.3, -0.25) is 0 Å². The van der Waals surface area contributed by atoms with Gasteiger partial charge in [-0.1, -0.05) is 11.6 Å². The average molecular weight is 367 g/mol. The lowest BCUT2D eigenvalue weighted by Crippen LogP contribution is -2.36. The summed E-state index contributed by atoms with van der Waals surface area (Å²) in [5.41, 5.74) is 0.871. The summed E-state index contributed by atoms with van der Waals surface area (Å²) < 4.78 is 23.5. The van der Waals surface area contributed by atoms with Crippen LogP contribution in [-0.2, 0) is 9.84 Å². The Morgan fingerprint density at radius 1 is 1.29 bits per heavy atom. The van der Waals surface area contributed by atoms with Crippen molar-refractivity contribution in [1.82, 2.24) is 9.97 Å². The lowest BCUT2D eigenvalue weighted by atomic mass is 10.2. The van der Waals surface area contributed by atoms with Crippen LogP contribution in [0.25, 0.3) is 0 Å². The molecular weight excluding hydrogens is 348 g/mol. The van der Waals surface area contributed by atoms with Gasteiger partial charge in [0.2, 0.25) is 0 Å². The first-order valence-corrected chi connectivity index (χ1v) is 9.98. The fraction of sp³-hybridized carbons (Fsp3) is 0.375. The Morgan fingerprint density at radius 2 is 2.04 bits per heavy atom. The summed E-state index contributed by atoms with van der Waals surface area (Å²) in [7, 11) is -2.93. The van der Waals surface area contributed by atoms with Crippen LogP contribution in [0.2, 0.25) is 5.02 Å². The molecule has 0 spiro atoms. The molecule has 1 aliphatic heterocycles. The third-order valence-electron chi connectivity index (χ3n) is 4.05. The highest BCUT2D eigenvalue weighted by atomic mass is 35.5. The molecule has 128 valence electrons. The summed E-state index contributed by atoms with van der Waals surface area (Å²) in [5, 5.41) is 3.87. The predicted molar refractivity (Wildman–Crippen MR) is 96.8 cm³/mol. The number of aromatic nitrogens is 2. The predicted octanol–water partition coefficient (Wildman–Crippen LogP) is 2.89. The van der Waals surface area contributed by atoms with E-state index in [-0.39, 0.29) is 17.5 Å². The molecular formula is C16H19ClN4O2S. The number of nitrogens with one attached hydrogen (secondary N) is 1. The van der Waals surface area contributed by atoms with Gasteiger partial charge in [0, 0.05) is 29.4 Å². The zero-order valence-corrected chi connectivity index (χ0v) is 14.9. The van der Waals surface area contributed by atoms with Gasteiger partial charge in [-0.2, -0.15) is 0 Å². The largest absolute Gasteiger partial charge is 0.353 e. The summed E-state index contributed by atoms with van der Waals surface area (Å²) in [4.78, 5) is 10.6. The van der Waals surface area contributed by atoms with Crippen LogP contribution in [0, 0.1) is 0 Å². The standard InChI is InChI=1S/C16H19ClN4O2S/c1-2-21(14-7-8-24(22,23)10-14)16-9-15(18-11-19-16)20-13-5-3-12(17)4-6-13/h3-6,9,11,14H,2,7-8,10H2,1H3,(H,18,19,20). The molecule has 0 bridgehead atoms. The van der Waals surface area contributed by atoms with Crippen LogP contribution in [0.4, 0.5) is 17.3 Å². The average Bonchev–Trinajstić information content (AvgIpc) is 2.91. The number of nitrogens with zero attached hydrogens (tertiary/aromatic N) is 3. The van der Waals surface area contributed by atoms with Gasteiger partial charge >= 0.3 is 0 Å². The minimum absolute atomic E-state index is 0.0294. The zero-order chi connectivity index (χ0) is 17.2. The Kier molecular flexibility index (Phi) is 4.91. The van der Waals surface area contributed by atoms with Crippen molar-refractivity contribution in [3.8, 4) is 0 Å². The monoisotopic (exact) mass is 366 g/mol. The number of halogens is 1. The van der Waals surface area contributed by atoms with Gasteiger partial charge < -0.3 is 10.2 Å². The van der Waals surface area contributed by atoms with Gasteiger partial charge in [0.25, 0.3) is 0 Å². The van der Waals surface area contributed by atoms with Gasteiger partial charge in [-0.05, 0) is 37.6 Å². The molecule has 6 nitrogen and oxygen atoms in total. The van der Waals surface area contributed by atoms with E-state index in [0.29, 0.717) is 23.8 Å². The van der Waals surface area contributed by atoms with Crippen LogP contribution in [-0.4, -0.2) is 42.5 Å². The van der Waals surface area contributed by atoms with E-state index in [1.165, 1.54) is 6.33 Å². The molecule has 1 unspecified atom stereocenters. The van der Waals surface area contributed by atoms with Crippen LogP contribution in [0.5, 0.6) is 0 Å². The maximum atomic E-state index is 11.7. The minimum Gasteiger partial charge on any atom is -0.353 e. The SMILES string of the molecule is CCN(c1cc(Nc2ccc(Cl)cc2)ncn1)C1CCS(=O)(=O)C1. The van der Waals surface area contributed by atoms with E-state index in [1.54, 1.807) is 12.1 Å². The van der Waals surface area contributed by atoms with E-state index in [0.717, 1.165) is 11.5 Å². The molecule has 24 heavy (non-hydrogen) atoms. The summed E-state index contributed by atoms with van der Waals surface area (Å²) in [6.07, 6.45) is 2.12. The Hall–Kier alpha value is -1.86. The molecule has 1 N–H and O–H groups in total. The van der Waals surface area contributed by atoms with Crippen molar-refractivity contribution >= 4 is 38.8 Å². The van der Waals surface area contributed by atoms with Crippen molar-refractivity contribution in [2.75, 3.05) is 28.3 Å². The summed E-state index contributed by atoms with van der Waals surface area (Å²) in [6, 6.07) is 9.14. The third-order valence-corrected chi connectivity index (χ3v) is 6.06. The number of anilines is 3. The van der Waals surface area contributed by atoms with Crippen molar-refractivity contribution in [1.29, 1.82) is 0 Å². The number of benzene rings is 1. The minimum atomic E-state index is -2.93. The first-order chi connectivity index (χ1) is 11.5. The Labute approximate surface area is 146 Å². The van der Waals surface area contributed by atoms with Crippen LogP contribution in [0.3, 0.4) is 0 Å². The molecule has 1 fully saturated rings. The van der Waals surface area contributed by atoms with Crippen LogP contribution < -0.4 is 10.2 Å². The summed E-state index contributed by atoms with van der Waals surface area (Å²) in [5.74, 6) is 1.81. The molecule has 3 rings (SSSR count). The maximum Gasteiger partial charge on any atom is 0.152 e. The fourth-order valence-corrected chi connectivity index (χ4v) is 4.74. The van der Waals surface area contributed by atoms with Gasteiger partial charge in [0.15, 0.2) is 9.84 Å². The van der Waals surface area contributed by atoms with Crippen molar-refractivity contribution in [3.05, 3.63) is 41.7 Å². The van der Waals surface area contributed by atoms with Crippen LogP contribution in [0.1, 0.15) is 13.3 Å². The quantitative estimate of drug-likeness (QED) is 0.876. The Morgan fingerprint density at radius 3 is 2.67 bits per heavy atom. The van der Waals surface area contributed by atoms with Crippen LogP contribution in [0.15, 0.2) is 36.7 Å². The molecule has 8 heteroatoms. The smallest absolute Gasteiger partial charge is 0.152 e. The molecule has 1 aromatic carbocycles. The van der Waals surface area contributed by atoms with E-state index in [1.807, 2.05) is 30.0 Å². The molecule has 0 amide bonds. The van der Waals surface area contributed by atoms with E-state index in [4.69, 9.17) is 11.6 Å². The third kappa shape index (κ3) is 3.96. The molecule has 0 aliphatic carbocycles. The van der Waals surface area contributed by atoms with Crippen molar-refractivity contribution < 1.29 is 8.42 Å². The molecule has 1 atom stereocenters. The van der Waals surface area contributed by atoms with Crippen molar-refractivity contribution in [2.24, 2.45) is 0 Å². The summed E-state index contributed by atoms with van der Waals surface area (Å²) >= 11 is 5.89. The Bertz CT molecular complexity index is 811.